The second-order valence-electron chi connectivity index (χ2n) is 5.94. The molecule has 0 aliphatic heterocycles. The largest absolute Gasteiger partial charge is 0.477 e. The van der Waals surface area contributed by atoms with Crippen molar-refractivity contribution in [3.05, 3.63) is 18.0 Å². The van der Waals surface area contributed by atoms with Gasteiger partial charge in [-0.2, -0.15) is 0 Å². The number of aromatic nitrogens is 1. The van der Waals surface area contributed by atoms with Crippen molar-refractivity contribution in [2.75, 3.05) is 6.54 Å². The minimum Gasteiger partial charge on any atom is -0.477 e. The summed E-state index contributed by atoms with van der Waals surface area (Å²) in [4.78, 5) is 11.1. The average Bonchev–Trinajstić information content (AvgIpc) is 2.71. The van der Waals surface area contributed by atoms with Gasteiger partial charge in [-0.15, -0.1) is 0 Å². The molecule has 0 bridgehead atoms. The lowest BCUT2D eigenvalue weighted by Crippen LogP contribution is -2.32. The van der Waals surface area contributed by atoms with Gasteiger partial charge < -0.3 is 9.67 Å². The number of hydrogen-bond donors (Lipinski definition) is 2. The van der Waals surface area contributed by atoms with E-state index >= 15 is 0 Å². The first-order valence-corrected chi connectivity index (χ1v) is 7.98. The van der Waals surface area contributed by atoms with Crippen molar-refractivity contribution in [1.82, 2.24) is 9.29 Å². The highest BCUT2D eigenvalue weighted by Crippen LogP contribution is 2.17. The minimum absolute atomic E-state index is 0.00685. The molecule has 0 aromatic carbocycles. The zero-order valence-electron chi connectivity index (χ0n) is 12.3. The summed E-state index contributed by atoms with van der Waals surface area (Å²) in [6, 6.07) is 1.20. The fourth-order valence-corrected chi connectivity index (χ4v) is 2.95. The lowest BCUT2D eigenvalue weighted by atomic mass is 9.98. The first-order valence-electron chi connectivity index (χ1n) is 6.50. The van der Waals surface area contributed by atoms with Crippen LogP contribution in [0.5, 0.6) is 0 Å². The van der Waals surface area contributed by atoms with E-state index in [4.69, 9.17) is 5.11 Å². The van der Waals surface area contributed by atoms with Crippen LogP contribution in [-0.4, -0.2) is 30.6 Å². The number of carbonyl (C=O) groups is 1. The van der Waals surface area contributed by atoms with Crippen molar-refractivity contribution in [2.45, 2.75) is 45.6 Å². The van der Waals surface area contributed by atoms with Crippen molar-refractivity contribution in [2.24, 2.45) is 5.41 Å². The predicted molar refractivity (Wildman–Crippen MR) is 76.3 cm³/mol. The Morgan fingerprint density at radius 3 is 2.45 bits per heavy atom. The van der Waals surface area contributed by atoms with Crippen LogP contribution in [0.1, 0.15) is 44.6 Å². The summed E-state index contributed by atoms with van der Waals surface area (Å²) >= 11 is 0. The molecule has 2 N–H and O–H groups in total. The van der Waals surface area contributed by atoms with Crippen molar-refractivity contribution < 1.29 is 18.3 Å². The van der Waals surface area contributed by atoms with E-state index in [1.165, 1.54) is 16.8 Å². The van der Waals surface area contributed by atoms with Crippen LogP contribution in [0.3, 0.4) is 0 Å². The quantitative estimate of drug-likeness (QED) is 0.840. The molecule has 0 radical (unpaired) electrons. The summed E-state index contributed by atoms with van der Waals surface area (Å²) in [6.07, 6.45) is 2.10. The third kappa shape index (κ3) is 4.35. The van der Waals surface area contributed by atoms with Gasteiger partial charge in [-0.3, -0.25) is 0 Å². The summed E-state index contributed by atoms with van der Waals surface area (Å²) in [5.74, 6) is -1.13. The van der Waals surface area contributed by atoms with Gasteiger partial charge in [-0.25, -0.2) is 17.9 Å². The van der Waals surface area contributed by atoms with Crippen molar-refractivity contribution in [3.8, 4) is 0 Å². The Morgan fingerprint density at radius 2 is 2.00 bits per heavy atom. The molecule has 0 spiro atoms. The third-order valence-electron chi connectivity index (χ3n) is 2.66. The Hall–Kier alpha value is -1.34. The summed E-state index contributed by atoms with van der Waals surface area (Å²) in [5, 5.41) is 9.09. The number of hydrogen-bond acceptors (Lipinski definition) is 3. The van der Waals surface area contributed by atoms with Gasteiger partial charge >= 0.3 is 5.97 Å². The van der Waals surface area contributed by atoms with Crippen LogP contribution >= 0.6 is 0 Å². The molecule has 0 atom stereocenters. The molecule has 0 amide bonds. The number of nitrogens with zero attached hydrogens (tertiary/aromatic N) is 1. The molecule has 6 nitrogen and oxygen atoms in total. The maximum absolute atomic E-state index is 12.2. The predicted octanol–water partition coefficient (Wildman–Crippen LogP) is 1.92. The van der Waals surface area contributed by atoms with Gasteiger partial charge in [0.15, 0.2) is 0 Å². The van der Waals surface area contributed by atoms with Gasteiger partial charge in [0, 0.05) is 19.3 Å². The van der Waals surface area contributed by atoms with E-state index in [-0.39, 0.29) is 22.5 Å². The minimum atomic E-state index is -3.68. The Morgan fingerprint density at radius 1 is 1.40 bits per heavy atom. The number of carboxylic acid groups (broad SMARTS) is 1. The molecule has 1 aromatic rings. The smallest absolute Gasteiger partial charge is 0.352 e. The molecule has 0 aliphatic rings. The first kappa shape index (κ1) is 16.7. The van der Waals surface area contributed by atoms with E-state index in [1.54, 1.807) is 0 Å². The van der Waals surface area contributed by atoms with E-state index < -0.39 is 16.0 Å². The van der Waals surface area contributed by atoms with Gasteiger partial charge in [0.05, 0.1) is 0 Å². The van der Waals surface area contributed by atoms with Gasteiger partial charge in [0.2, 0.25) is 10.0 Å². The van der Waals surface area contributed by atoms with Crippen molar-refractivity contribution >= 4 is 16.0 Å². The van der Waals surface area contributed by atoms with Crippen molar-refractivity contribution in [1.29, 1.82) is 0 Å². The normalized spacial score (nSPS) is 12.6. The molecule has 0 unspecified atom stereocenters. The highest BCUT2D eigenvalue weighted by molar-refractivity contribution is 7.89. The highest BCUT2D eigenvalue weighted by Gasteiger charge is 2.22. The van der Waals surface area contributed by atoms with Crippen LogP contribution in [0, 0.1) is 5.41 Å². The molecular weight excluding hydrogens is 280 g/mol. The second kappa shape index (κ2) is 5.97. The van der Waals surface area contributed by atoms with Crippen LogP contribution in [0.4, 0.5) is 0 Å². The molecule has 0 aliphatic carbocycles. The summed E-state index contributed by atoms with van der Waals surface area (Å²) < 4.78 is 28.3. The standard InChI is InChI=1S/C13H22N2O4S/c1-5-6-15-8-10(7-11(15)12(16)17)20(18,19)14-9-13(2,3)4/h7-8,14H,5-6,9H2,1-4H3,(H,16,17). The molecule has 0 fully saturated rings. The van der Waals surface area contributed by atoms with Crippen LogP contribution < -0.4 is 4.72 Å². The molecule has 1 aromatic heterocycles. The van der Waals surface area contributed by atoms with Crippen molar-refractivity contribution in [3.63, 3.8) is 0 Å². The second-order valence-corrected chi connectivity index (χ2v) is 7.71. The molecular formula is C13H22N2O4S. The maximum atomic E-state index is 12.2. The number of sulfonamides is 1. The molecule has 20 heavy (non-hydrogen) atoms. The molecule has 0 saturated heterocycles. The lowest BCUT2D eigenvalue weighted by Gasteiger charge is -2.18. The molecule has 1 heterocycles. The van der Waals surface area contributed by atoms with Gasteiger partial charge in [-0.05, 0) is 17.9 Å². The number of aromatic carboxylic acids is 1. The van der Waals surface area contributed by atoms with Gasteiger partial charge in [-0.1, -0.05) is 27.7 Å². The SMILES string of the molecule is CCCn1cc(S(=O)(=O)NCC(C)(C)C)cc1C(=O)O. The fourth-order valence-electron chi connectivity index (χ4n) is 1.63. The molecule has 7 heteroatoms. The van der Waals surface area contributed by atoms with Gasteiger partial charge in [0.25, 0.3) is 0 Å². The summed E-state index contributed by atoms with van der Waals surface area (Å²) in [6.45, 7) is 8.41. The first-order chi connectivity index (χ1) is 9.07. The fraction of sp³-hybridized carbons (Fsp3) is 0.615. The Balaban J connectivity index is 3.07. The van der Waals surface area contributed by atoms with E-state index in [2.05, 4.69) is 4.72 Å². The van der Waals surface area contributed by atoms with Gasteiger partial charge in [0.1, 0.15) is 10.6 Å². The summed E-state index contributed by atoms with van der Waals surface area (Å²) in [5.41, 5.74) is -0.197. The van der Waals surface area contributed by atoms with Crippen LogP contribution in [0.25, 0.3) is 0 Å². The van der Waals surface area contributed by atoms with Crippen LogP contribution in [0.2, 0.25) is 0 Å². The third-order valence-corrected chi connectivity index (χ3v) is 4.03. The van der Waals surface area contributed by atoms with E-state index in [9.17, 15) is 13.2 Å². The van der Waals surface area contributed by atoms with Crippen LogP contribution in [-0.2, 0) is 16.6 Å². The van der Waals surface area contributed by atoms with E-state index in [1.807, 2.05) is 27.7 Å². The lowest BCUT2D eigenvalue weighted by molar-refractivity contribution is 0.0685. The number of rotatable bonds is 6. The van der Waals surface area contributed by atoms with E-state index in [0.717, 1.165) is 6.42 Å². The summed E-state index contributed by atoms with van der Waals surface area (Å²) in [7, 11) is -3.68. The Labute approximate surface area is 119 Å². The monoisotopic (exact) mass is 302 g/mol. The number of nitrogens with one attached hydrogen (secondary N) is 1. The zero-order chi connectivity index (χ0) is 15.6. The highest BCUT2D eigenvalue weighted by atomic mass is 32.2. The van der Waals surface area contributed by atoms with Crippen LogP contribution in [0.15, 0.2) is 17.2 Å². The zero-order valence-corrected chi connectivity index (χ0v) is 13.1. The number of aryl methyl sites for hydroxylation is 1. The molecule has 0 saturated carbocycles. The maximum Gasteiger partial charge on any atom is 0.352 e. The molecule has 114 valence electrons. The average molecular weight is 302 g/mol. The molecule has 1 rings (SSSR count). The number of carboxylic acids is 1. The van der Waals surface area contributed by atoms with E-state index in [0.29, 0.717) is 6.54 Å². The Kier molecular flexibility index (Phi) is 4.99. The Bertz CT molecular complexity index is 582. The topological polar surface area (TPSA) is 88.4 Å².